The molecule has 1 aromatic heterocycles. The number of carbonyl (C=O) groups excluding carboxylic acids is 1. The Morgan fingerprint density at radius 1 is 1.33 bits per heavy atom. The first kappa shape index (κ1) is 12.4. The van der Waals surface area contributed by atoms with Crippen molar-refractivity contribution in [3.05, 3.63) is 58.9 Å². The van der Waals surface area contributed by atoms with Crippen LogP contribution in [0.4, 0.5) is 5.69 Å². The number of methoxy groups -OCH3 is 1. The van der Waals surface area contributed by atoms with Crippen LogP contribution in [0.25, 0.3) is 0 Å². The lowest BCUT2D eigenvalue weighted by Gasteiger charge is -2.03. The molecular weight excluding hydrogens is 246 g/mol. The van der Waals surface area contributed by atoms with Crippen molar-refractivity contribution >= 4 is 22.8 Å². The maximum absolute atomic E-state index is 11.7. The molecule has 0 aliphatic carbocycles. The molecule has 0 spiro atoms. The van der Waals surface area contributed by atoms with Gasteiger partial charge in [0.25, 0.3) is 0 Å². The molecule has 92 valence electrons. The van der Waals surface area contributed by atoms with Gasteiger partial charge in [0, 0.05) is 24.0 Å². The zero-order valence-electron chi connectivity index (χ0n) is 9.92. The van der Waals surface area contributed by atoms with Gasteiger partial charge in [0.05, 0.1) is 12.0 Å². The molecule has 0 unspecified atom stereocenters. The molecule has 0 atom stereocenters. The summed E-state index contributed by atoms with van der Waals surface area (Å²) >= 11 is 1.43. The standard InChI is InChI=1S/C14H13NO2S/c1-17-12-5-2-4-11(10-12)15-8-7-13(16)14-6-3-9-18-14/h2-10,15H,1H3/b8-7+. The van der Waals surface area contributed by atoms with E-state index >= 15 is 0 Å². The molecule has 4 heteroatoms. The van der Waals surface area contributed by atoms with E-state index in [0.717, 1.165) is 16.3 Å². The van der Waals surface area contributed by atoms with Crippen molar-refractivity contribution in [1.82, 2.24) is 0 Å². The number of hydrogen-bond acceptors (Lipinski definition) is 4. The van der Waals surface area contributed by atoms with Crippen molar-refractivity contribution in [1.29, 1.82) is 0 Å². The van der Waals surface area contributed by atoms with Crippen LogP contribution in [0.3, 0.4) is 0 Å². The van der Waals surface area contributed by atoms with Crippen molar-refractivity contribution < 1.29 is 9.53 Å². The minimum atomic E-state index is 0.000367. The van der Waals surface area contributed by atoms with Crippen LogP contribution in [0.1, 0.15) is 9.67 Å². The average molecular weight is 259 g/mol. The van der Waals surface area contributed by atoms with Crippen LogP contribution in [0.5, 0.6) is 5.75 Å². The lowest BCUT2D eigenvalue weighted by molar-refractivity contribution is 0.105. The molecule has 1 heterocycles. The molecule has 1 aromatic carbocycles. The van der Waals surface area contributed by atoms with E-state index in [2.05, 4.69) is 5.32 Å². The van der Waals surface area contributed by atoms with E-state index < -0.39 is 0 Å². The molecule has 0 saturated carbocycles. The van der Waals surface area contributed by atoms with Crippen molar-refractivity contribution in [2.24, 2.45) is 0 Å². The van der Waals surface area contributed by atoms with Crippen LogP contribution in [-0.2, 0) is 0 Å². The largest absolute Gasteiger partial charge is 0.497 e. The highest BCUT2D eigenvalue weighted by molar-refractivity contribution is 7.12. The van der Waals surface area contributed by atoms with Crippen LogP contribution < -0.4 is 10.1 Å². The minimum absolute atomic E-state index is 0.000367. The Bertz CT molecular complexity index is 547. The summed E-state index contributed by atoms with van der Waals surface area (Å²) in [6.45, 7) is 0. The van der Waals surface area contributed by atoms with Crippen molar-refractivity contribution in [3.8, 4) is 5.75 Å². The summed E-state index contributed by atoms with van der Waals surface area (Å²) < 4.78 is 5.11. The smallest absolute Gasteiger partial charge is 0.197 e. The number of nitrogens with one attached hydrogen (secondary N) is 1. The highest BCUT2D eigenvalue weighted by atomic mass is 32.1. The summed E-state index contributed by atoms with van der Waals surface area (Å²) in [6, 6.07) is 11.2. The number of benzene rings is 1. The van der Waals surface area contributed by atoms with Crippen LogP contribution >= 0.6 is 11.3 Å². The molecule has 0 amide bonds. The third-order valence-electron chi connectivity index (χ3n) is 2.32. The van der Waals surface area contributed by atoms with Gasteiger partial charge in [-0.15, -0.1) is 11.3 Å². The molecule has 0 bridgehead atoms. The molecule has 2 aromatic rings. The van der Waals surface area contributed by atoms with Gasteiger partial charge in [-0.1, -0.05) is 12.1 Å². The second-order valence-corrected chi connectivity index (χ2v) is 4.50. The molecule has 0 radical (unpaired) electrons. The van der Waals surface area contributed by atoms with Gasteiger partial charge in [-0.25, -0.2) is 0 Å². The Morgan fingerprint density at radius 2 is 2.22 bits per heavy atom. The Hall–Kier alpha value is -2.07. The predicted octanol–water partition coefficient (Wildman–Crippen LogP) is 3.57. The van der Waals surface area contributed by atoms with E-state index in [0.29, 0.717) is 0 Å². The molecule has 18 heavy (non-hydrogen) atoms. The number of allylic oxidation sites excluding steroid dienone is 1. The van der Waals surface area contributed by atoms with Gasteiger partial charge in [0.15, 0.2) is 5.78 Å². The normalized spacial score (nSPS) is 10.5. The van der Waals surface area contributed by atoms with E-state index in [-0.39, 0.29) is 5.78 Å². The maximum atomic E-state index is 11.7. The van der Waals surface area contributed by atoms with E-state index in [1.54, 1.807) is 13.3 Å². The van der Waals surface area contributed by atoms with E-state index in [9.17, 15) is 4.79 Å². The molecule has 0 aliphatic rings. The average Bonchev–Trinajstić information content (AvgIpc) is 2.93. The number of ketones is 1. The van der Waals surface area contributed by atoms with Crippen molar-refractivity contribution in [2.75, 3.05) is 12.4 Å². The summed E-state index contributed by atoms with van der Waals surface area (Å²) in [5.74, 6) is 0.776. The van der Waals surface area contributed by atoms with E-state index in [1.807, 2.05) is 41.8 Å². The Morgan fingerprint density at radius 3 is 2.94 bits per heavy atom. The molecular formula is C14H13NO2S. The number of carbonyl (C=O) groups is 1. The number of anilines is 1. The summed E-state index contributed by atoms with van der Waals surface area (Å²) in [7, 11) is 1.62. The Kier molecular flexibility index (Phi) is 4.15. The zero-order valence-corrected chi connectivity index (χ0v) is 10.7. The maximum Gasteiger partial charge on any atom is 0.197 e. The van der Waals surface area contributed by atoms with Crippen molar-refractivity contribution in [3.63, 3.8) is 0 Å². The molecule has 0 saturated heterocycles. The van der Waals surface area contributed by atoms with Gasteiger partial charge in [-0.2, -0.15) is 0 Å². The Balaban J connectivity index is 1.96. The SMILES string of the molecule is COc1cccc(N/C=C/C(=O)c2cccs2)c1. The summed E-state index contributed by atoms with van der Waals surface area (Å²) in [6.07, 6.45) is 3.15. The first-order valence-corrected chi connectivity index (χ1v) is 6.32. The summed E-state index contributed by atoms with van der Waals surface area (Å²) in [5, 5.41) is 4.92. The highest BCUT2D eigenvalue weighted by Gasteiger charge is 2.01. The van der Waals surface area contributed by atoms with Crippen LogP contribution in [0, 0.1) is 0 Å². The van der Waals surface area contributed by atoms with Gasteiger partial charge in [-0.05, 0) is 23.6 Å². The third-order valence-corrected chi connectivity index (χ3v) is 3.20. The van der Waals surface area contributed by atoms with E-state index in [4.69, 9.17) is 4.74 Å². The van der Waals surface area contributed by atoms with Gasteiger partial charge in [0.1, 0.15) is 5.75 Å². The zero-order chi connectivity index (χ0) is 12.8. The monoisotopic (exact) mass is 259 g/mol. The highest BCUT2D eigenvalue weighted by Crippen LogP contribution is 2.16. The van der Waals surface area contributed by atoms with Gasteiger partial charge in [0.2, 0.25) is 0 Å². The fourth-order valence-corrected chi connectivity index (χ4v) is 2.07. The lowest BCUT2D eigenvalue weighted by Crippen LogP contribution is -1.93. The number of hydrogen-bond donors (Lipinski definition) is 1. The van der Waals surface area contributed by atoms with Crippen LogP contribution in [0.15, 0.2) is 54.1 Å². The van der Waals surface area contributed by atoms with Crippen LogP contribution in [-0.4, -0.2) is 12.9 Å². The lowest BCUT2D eigenvalue weighted by atomic mass is 10.3. The quantitative estimate of drug-likeness (QED) is 0.659. The number of ether oxygens (including phenoxy) is 1. The first-order valence-electron chi connectivity index (χ1n) is 5.44. The third kappa shape index (κ3) is 3.21. The first-order chi connectivity index (χ1) is 8.79. The number of rotatable bonds is 5. The molecule has 3 nitrogen and oxygen atoms in total. The summed E-state index contributed by atoms with van der Waals surface area (Å²) in [5.41, 5.74) is 0.879. The number of thiophene rings is 1. The molecule has 1 N–H and O–H groups in total. The predicted molar refractivity (Wildman–Crippen MR) is 74.4 cm³/mol. The fourth-order valence-electron chi connectivity index (χ4n) is 1.43. The van der Waals surface area contributed by atoms with Gasteiger partial charge < -0.3 is 10.1 Å². The fraction of sp³-hybridized carbons (Fsp3) is 0.0714. The van der Waals surface area contributed by atoms with Gasteiger partial charge in [-0.3, -0.25) is 4.79 Å². The second kappa shape index (κ2) is 6.02. The molecule has 0 aliphatic heterocycles. The van der Waals surface area contributed by atoms with Crippen molar-refractivity contribution in [2.45, 2.75) is 0 Å². The Labute approximate surface area is 110 Å². The molecule has 2 rings (SSSR count). The van der Waals surface area contributed by atoms with E-state index in [1.165, 1.54) is 17.4 Å². The summed E-state index contributed by atoms with van der Waals surface area (Å²) in [4.78, 5) is 12.4. The second-order valence-electron chi connectivity index (χ2n) is 3.55. The minimum Gasteiger partial charge on any atom is -0.497 e. The molecule has 0 fully saturated rings. The van der Waals surface area contributed by atoms with Crippen LogP contribution in [0.2, 0.25) is 0 Å². The van der Waals surface area contributed by atoms with Gasteiger partial charge >= 0.3 is 0 Å². The topological polar surface area (TPSA) is 38.3 Å².